The summed E-state index contributed by atoms with van der Waals surface area (Å²) < 4.78 is 5.56. The third-order valence-corrected chi connectivity index (χ3v) is 4.49. The van der Waals surface area contributed by atoms with Gasteiger partial charge in [-0.25, -0.2) is 4.79 Å². The summed E-state index contributed by atoms with van der Waals surface area (Å²) in [6.45, 7) is 0.413. The molecule has 0 radical (unpaired) electrons. The Bertz CT molecular complexity index is 874. The number of carboxylic acids is 1. The van der Waals surface area contributed by atoms with Gasteiger partial charge in [-0.3, -0.25) is 14.6 Å². The van der Waals surface area contributed by atoms with Gasteiger partial charge in [-0.05, 0) is 37.1 Å². The molecule has 0 aliphatic carbocycles. The second-order valence-electron chi connectivity index (χ2n) is 6.63. The third-order valence-electron chi connectivity index (χ3n) is 4.49. The molecule has 3 N–H and O–H groups in total. The van der Waals surface area contributed by atoms with Crippen molar-refractivity contribution in [2.45, 2.75) is 12.8 Å². The van der Waals surface area contributed by atoms with Crippen molar-refractivity contribution in [1.82, 2.24) is 9.88 Å². The lowest BCUT2D eigenvalue weighted by Gasteiger charge is -2.30. The molecule has 1 unspecified atom stereocenters. The standard InChI is InChI=1S/C20H22N4O5/c25-18(22-15-6-3-9-21-11-15)13-29-17-8-2-1-7-16(17)23-20(28)24-10-4-5-14(12-24)19(26)27/h1-3,6-9,11,14H,4-5,10,12-13H2,(H,22,25)(H,23,28)(H,26,27). The van der Waals surface area contributed by atoms with E-state index >= 15 is 0 Å². The van der Waals surface area contributed by atoms with Crippen molar-refractivity contribution in [3.05, 3.63) is 48.8 Å². The fourth-order valence-electron chi connectivity index (χ4n) is 3.03. The number of carbonyl (C=O) groups is 3. The van der Waals surface area contributed by atoms with E-state index in [1.807, 2.05) is 0 Å². The van der Waals surface area contributed by atoms with E-state index in [-0.39, 0.29) is 19.1 Å². The van der Waals surface area contributed by atoms with Gasteiger partial charge < -0.3 is 25.4 Å². The summed E-state index contributed by atoms with van der Waals surface area (Å²) in [7, 11) is 0. The van der Waals surface area contributed by atoms with E-state index in [0.717, 1.165) is 0 Å². The molecule has 0 spiro atoms. The van der Waals surface area contributed by atoms with E-state index in [1.54, 1.807) is 42.6 Å². The molecule has 29 heavy (non-hydrogen) atoms. The molecule has 1 fully saturated rings. The summed E-state index contributed by atoms with van der Waals surface area (Å²) >= 11 is 0. The summed E-state index contributed by atoms with van der Waals surface area (Å²) in [6.07, 6.45) is 4.32. The SMILES string of the molecule is O=C(COc1ccccc1NC(=O)N1CCCC(C(=O)O)C1)Nc1cccnc1. The number of rotatable bonds is 6. The molecule has 1 aromatic heterocycles. The van der Waals surface area contributed by atoms with Crippen LogP contribution in [0.15, 0.2) is 48.8 Å². The molecule has 1 aromatic carbocycles. The second-order valence-corrected chi connectivity index (χ2v) is 6.63. The van der Waals surface area contributed by atoms with Crippen molar-refractivity contribution >= 4 is 29.3 Å². The number of benzene rings is 1. The number of hydrogen-bond acceptors (Lipinski definition) is 5. The van der Waals surface area contributed by atoms with Crippen molar-refractivity contribution in [3.8, 4) is 5.75 Å². The molecule has 9 heteroatoms. The minimum absolute atomic E-state index is 0.164. The molecule has 3 amide bonds. The number of nitrogens with zero attached hydrogens (tertiary/aromatic N) is 2. The number of hydrogen-bond donors (Lipinski definition) is 3. The number of nitrogens with one attached hydrogen (secondary N) is 2. The first-order valence-corrected chi connectivity index (χ1v) is 9.23. The molecule has 1 atom stereocenters. The van der Waals surface area contributed by atoms with Crippen molar-refractivity contribution in [2.24, 2.45) is 5.92 Å². The predicted molar refractivity (Wildman–Crippen MR) is 106 cm³/mol. The van der Waals surface area contributed by atoms with E-state index in [1.165, 1.54) is 11.1 Å². The molecule has 0 saturated carbocycles. The number of aliphatic carboxylic acids is 1. The van der Waals surface area contributed by atoms with Gasteiger partial charge in [-0.15, -0.1) is 0 Å². The average Bonchev–Trinajstić information content (AvgIpc) is 2.74. The number of anilines is 2. The molecule has 3 rings (SSSR count). The van der Waals surface area contributed by atoms with Crippen LogP contribution in [0.25, 0.3) is 0 Å². The molecular formula is C20H22N4O5. The number of carbonyl (C=O) groups excluding carboxylic acids is 2. The number of urea groups is 1. The van der Waals surface area contributed by atoms with Crippen molar-refractivity contribution in [2.75, 3.05) is 30.3 Å². The summed E-state index contributed by atoms with van der Waals surface area (Å²) in [5, 5.41) is 14.6. The smallest absolute Gasteiger partial charge is 0.321 e. The highest BCUT2D eigenvalue weighted by Crippen LogP contribution is 2.25. The Balaban J connectivity index is 1.58. The number of amides is 3. The first kappa shape index (κ1) is 20.1. The lowest BCUT2D eigenvalue weighted by molar-refractivity contribution is -0.143. The van der Waals surface area contributed by atoms with Gasteiger partial charge in [0.25, 0.3) is 5.91 Å². The van der Waals surface area contributed by atoms with Gasteiger partial charge in [-0.2, -0.15) is 0 Å². The predicted octanol–water partition coefficient (Wildman–Crippen LogP) is 2.43. The molecule has 9 nitrogen and oxygen atoms in total. The molecule has 0 bridgehead atoms. The minimum atomic E-state index is -0.897. The first-order valence-electron chi connectivity index (χ1n) is 9.23. The largest absolute Gasteiger partial charge is 0.482 e. The topological polar surface area (TPSA) is 121 Å². The number of likely N-dealkylation sites (tertiary alicyclic amines) is 1. The van der Waals surface area contributed by atoms with Gasteiger partial charge in [0, 0.05) is 19.3 Å². The van der Waals surface area contributed by atoms with Gasteiger partial charge in [0.2, 0.25) is 0 Å². The zero-order valence-electron chi connectivity index (χ0n) is 15.7. The van der Waals surface area contributed by atoms with Crippen molar-refractivity contribution < 1.29 is 24.2 Å². The molecule has 152 valence electrons. The maximum absolute atomic E-state index is 12.5. The number of carboxylic acid groups (broad SMARTS) is 1. The van der Waals surface area contributed by atoms with E-state index in [4.69, 9.17) is 4.74 Å². The summed E-state index contributed by atoms with van der Waals surface area (Å²) in [5.74, 6) is -1.48. The maximum Gasteiger partial charge on any atom is 0.321 e. The van der Waals surface area contributed by atoms with Gasteiger partial charge in [0.05, 0.1) is 23.5 Å². The number of pyridine rings is 1. The molecule has 2 aromatic rings. The Kier molecular flexibility index (Phi) is 6.62. The van der Waals surface area contributed by atoms with Crippen LogP contribution in [0.5, 0.6) is 5.75 Å². The Hall–Kier alpha value is -3.62. The molecule has 1 aliphatic rings. The lowest BCUT2D eigenvalue weighted by atomic mass is 9.99. The average molecular weight is 398 g/mol. The minimum Gasteiger partial charge on any atom is -0.482 e. The van der Waals surface area contributed by atoms with Gasteiger partial charge >= 0.3 is 12.0 Å². The fourth-order valence-corrected chi connectivity index (χ4v) is 3.03. The quantitative estimate of drug-likeness (QED) is 0.687. The summed E-state index contributed by atoms with van der Waals surface area (Å²) in [6, 6.07) is 9.78. The van der Waals surface area contributed by atoms with E-state index < -0.39 is 17.9 Å². The lowest BCUT2D eigenvalue weighted by Crippen LogP contribution is -2.44. The molecule has 1 aliphatic heterocycles. The van der Waals surface area contributed by atoms with Crippen LogP contribution in [-0.4, -0.2) is 52.6 Å². The van der Waals surface area contributed by atoms with Crippen molar-refractivity contribution in [3.63, 3.8) is 0 Å². The zero-order chi connectivity index (χ0) is 20.6. The molecule has 1 saturated heterocycles. The monoisotopic (exact) mass is 398 g/mol. The summed E-state index contributed by atoms with van der Waals surface area (Å²) in [4.78, 5) is 41.2. The van der Waals surface area contributed by atoms with Crippen LogP contribution in [0, 0.1) is 5.92 Å². The first-order chi connectivity index (χ1) is 14.0. The highest BCUT2D eigenvalue weighted by molar-refractivity contribution is 5.93. The van der Waals surface area contributed by atoms with Crippen LogP contribution in [0.2, 0.25) is 0 Å². The highest BCUT2D eigenvalue weighted by atomic mass is 16.5. The van der Waals surface area contributed by atoms with Crippen LogP contribution in [0.3, 0.4) is 0 Å². The van der Waals surface area contributed by atoms with E-state index in [0.29, 0.717) is 36.5 Å². The number of para-hydroxylation sites is 2. The molecular weight excluding hydrogens is 376 g/mol. The van der Waals surface area contributed by atoms with Gasteiger partial charge in [-0.1, -0.05) is 12.1 Å². The van der Waals surface area contributed by atoms with Crippen LogP contribution >= 0.6 is 0 Å². The number of aromatic nitrogens is 1. The van der Waals surface area contributed by atoms with E-state index in [2.05, 4.69) is 15.6 Å². The van der Waals surface area contributed by atoms with Gasteiger partial charge in [0.1, 0.15) is 5.75 Å². The second kappa shape index (κ2) is 9.54. The van der Waals surface area contributed by atoms with Crippen LogP contribution in [-0.2, 0) is 9.59 Å². The number of ether oxygens (including phenoxy) is 1. The normalized spacial score (nSPS) is 16.0. The highest BCUT2D eigenvalue weighted by Gasteiger charge is 2.28. The third kappa shape index (κ3) is 5.68. The van der Waals surface area contributed by atoms with Crippen LogP contribution in [0.4, 0.5) is 16.2 Å². The van der Waals surface area contributed by atoms with E-state index in [9.17, 15) is 19.5 Å². The van der Waals surface area contributed by atoms with Gasteiger partial charge in [0.15, 0.2) is 6.61 Å². The Morgan fingerprint density at radius 1 is 1.17 bits per heavy atom. The number of piperidine rings is 1. The molecule has 2 heterocycles. The Labute approximate surface area is 167 Å². The van der Waals surface area contributed by atoms with Crippen molar-refractivity contribution in [1.29, 1.82) is 0 Å². The maximum atomic E-state index is 12.5. The fraction of sp³-hybridized carbons (Fsp3) is 0.300. The van der Waals surface area contributed by atoms with Crippen LogP contribution < -0.4 is 15.4 Å². The summed E-state index contributed by atoms with van der Waals surface area (Å²) in [5.41, 5.74) is 0.963. The van der Waals surface area contributed by atoms with Crippen LogP contribution in [0.1, 0.15) is 12.8 Å². The Morgan fingerprint density at radius 3 is 2.76 bits per heavy atom. The Morgan fingerprint density at radius 2 is 2.00 bits per heavy atom. The zero-order valence-corrected chi connectivity index (χ0v) is 15.7.